The summed E-state index contributed by atoms with van der Waals surface area (Å²) in [7, 11) is 0. The van der Waals surface area contributed by atoms with Crippen molar-refractivity contribution in [2.45, 2.75) is 90.9 Å². The summed E-state index contributed by atoms with van der Waals surface area (Å²) < 4.78 is 12.4. The van der Waals surface area contributed by atoms with Crippen LogP contribution in [0.5, 0.6) is 11.5 Å². The molecule has 238 valence electrons. The first-order chi connectivity index (χ1) is 21.8. The zero-order valence-electron chi connectivity index (χ0n) is 27.9. The lowest BCUT2D eigenvalue weighted by atomic mass is 9.85. The van der Waals surface area contributed by atoms with Crippen LogP contribution >= 0.6 is 0 Å². The Bertz CT molecular complexity index is 1880. The van der Waals surface area contributed by atoms with Crippen molar-refractivity contribution in [1.29, 1.82) is 0 Å². The van der Waals surface area contributed by atoms with Gasteiger partial charge >= 0.3 is 0 Å². The number of hydrogen-bond acceptors (Lipinski definition) is 6. The van der Waals surface area contributed by atoms with Gasteiger partial charge in [-0.2, -0.15) is 0 Å². The Morgan fingerprint density at radius 2 is 1.07 bits per heavy atom. The molecule has 0 saturated heterocycles. The van der Waals surface area contributed by atoms with Crippen molar-refractivity contribution in [2.24, 2.45) is 0 Å². The van der Waals surface area contributed by atoms with Crippen LogP contribution in [0.4, 0.5) is 0 Å². The molecule has 6 aromatic rings. The summed E-state index contributed by atoms with van der Waals surface area (Å²) in [6.07, 6.45) is 4.42. The Hall–Kier alpha value is -4.58. The summed E-state index contributed by atoms with van der Waals surface area (Å²) in [4.78, 5) is 9.79. The standard InChI is InChI=1S/C40H44N2O4/c1-8-9-10-11-28(24-14-18-35-31(22-24)41-37(45-35)26-12-16-33(43)29(20-26)39(2,3)4)25-15-19-36-32(23-25)42-38(46-36)27-13-17-34(44)30(21-27)40(5,6)7/h12-23,28,43-44H,8-11H2,1-7H3. The molecule has 0 fully saturated rings. The van der Waals surface area contributed by atoms with E-state index in [2.05, 4.69) is 72.7 Å². The number of phenols is 2. The zero-order valence-corrected chi connectivity index (χ0v) is 27.9. The Labute approximate surface area is 271 Å². The van der Waals surface area contributed by atoms with Gasteiger partial charge in [-0.05, 0) is 89.0 Å². The van der Waals surface area contributed by atoms with Gasteiger partial charge in [-0.3, -0.25) is 0 Å². The van der Waals surface area contributed by atoms with E-state index in [9.17, 15) is 10.2 Å². The van der Waals surface area contributed by atoms with Gasteiger partial charge in [-0.1, -0.05) is 79.9 Å². The lowest BCUT2D eigenvalue weighted by molar-refractivity contribution is 0.446. The van der Waals surface area contributed by atoms with Crippen molar-refractivity contribution in [1.82, 2.24) is 9.97 Å². The van der Waals surface area contributed by atoms with Gasteiger partial charge in [0.25, 0.3) is 0 Å². The van der Waals surface area contributed by atoms with Gasteiger partial charge in [0.15, 0.2) is 11.2 Å². The average Bonchev–Trinajstić information content (AvgIpc) is 3.62. The number of phenolic OH excluding ortho intramolecular Hbond substituents is 2. The van der Waals surface area contributed by atoms with Crippen molar-refractivity contribution < 1.29 is 19.0 Å². The van der Waals surface area contributed by atoms with E-state index in [4.69, 9.17) is 18.8 Å². The SMILES string of the molecule is CCCCCC(c1ccc2oc(-c3ccc(O)c(C(C)(C)C)c3)nc2c1)c1ccc2oc(-c3ccc(O)c(C(C)(C)C)c3)nc2c1. The molecule has 0 aliphatic carbocycles. The molecule has 0 unspecified atom stereocenters. The number of fused-ring (bicyclic) bond motifs is 2. The van der Waals surface area contributed by atoms with Gasteiger partial charge in [0.2, 0.25) is 11.8 Å². The fourth-order valence-electron chi connectivity index (χ4n) is 6.23. The maximum Gasteiger partial charge on any atom is 0.227 e. The van der Waals surface area contributed by atoms with Crippen molar-refractivity contribution in [2.75, 3.05) is 0 Å². The van der Waals surface area contributed by atoms with Crippen LogP contribution in [0.2, 0.25) is 0 Å². The monoisotopic (exact) mass is 616 g/mol. The molecule has 0 saturated carbocycles. The van der Waals surface area contributed by atoms with E-state index in [1.807, 2.05) is 36.4 Å². The van der Waals surface area contributed by atoms with Crippen LogP contribution in [0, 0.1) is 0 Å². The Morgan fingerprint density at radius 3 is 1.48 bits per heavy atom. The highest BCUT2D eigenvalue weighted by Crippen LogP contribution is 2.39. The highest BCUT2D eigenvalue weighted by molar-refractivity contribution is 5.79. The zero-order chi connectivity index (χ0) is 32.8. The fourth-order valence-corrected chi connectivity index (χ4v) is 6.23. The molecule has 4 aromatic carbocycles. The lowest BCUT2D eigenvalue weighted by Gasteiger charge is -2.20. The molecule has 2 aromatic heterocycles. The Kier molecular flexibility index (Phi) is 8.18. The highest BCUT2D eigenvalue weighted by Gasteiger charge is 2.23. The van der Waals surface area contributed by atoms with Crippen LogP contribution in [-0.4, -0.2) is 20.2 Å². The van der Waals surface area contributed by atoms with Crippen LogP contribution in [0.3, 0.4) is 0 Å². The largest absolute Gasteiger partial charge is 0.508 e. The fraction of sp³-hybridized carbons (Fsp3) is 0.350. The second-order valence-corrected chi connectivity index (χ2v) is 14.5. The number of oxazole rings is 2. The van der Waals surface area contributed by atoms with Gasteiger partial charge in [-0.15, -0.1) is 0 Å². The topological polar surface area (TPSA) is 92.5 Å². The Balaban J connectivity index is 1.36. The number of aromatic nitrogens is 2. The minimum atomic E-state index is -0.212. The predicted octanol–water partition coefficient (Wildman–Crippen LogP) is 11.0. The maximum atomic E-state index is 10.5. The van der Waals surface area contributed by atoms with Crippen LogP contribution < -0.4 is 0 Å². The molecule has 0 bridgehead atoms. The third kappa shape index (κ3) is 6.26. The minimum absolute atomic E-state index is 0.156. The van der Waals surface area contributed by atoms with E-state index in [-0.39, 0.29) is 28.2 Å². The quantitative estimate of drug-likeness (QED) is 0.165. The summed E-state index contributed by atoms with van der Waals surface area (Å²) in [5.41, 5.74) is 8.42. The van der Waals surface area contributed by atoms with E-state index in [1.54, 1.807) is 12.1 Å². The number of aromatic hydroxyl groups is 2. The van der Waals surface area contributed by atoms with Crippen LogP contribution in [0.1, 0.15) is 102 Å². The van der Waals surface area contributed by atoms with Crippen LogP contribution in [0.25, 0.3) is 45.1 Å². The molecule has 0 amide bonds. The maximum absolute atomic E-state index is 10.5. The molecule has 46 heavy (non-hydrogen) atoms. The number of hydrogen-bond donors (Lipinski definition) is 2. The average molecular weight is 617 g/mol. The molecule has 0 aliphatic rings. The number of rotatable bonds is 8. The van der Waals surface area contributed by atoms with Gasteiger partial charge in [-0.25, -0.2) is 9.97 Å². The van der Waals surface area contributed by atoms with Crippen LogP contribution in [0.15, 0.2) is 81.6 Å². The molecular formula is C40H44N2O4. The molecule has 2 N–H and O–H groups in total. The third-order valence-electron chi connectivity index (χ3n) is 8.83. The first-order valence-corrected chi connectivity index (χ1v) is 16.3. The molecule has 0 aliphatic heterocycles. The van der Waals surface area contributed by atoms with Crippen molar-refractivity contribution >= 4 is 22.2 Å². The number of benzene rings is 4. The molecule has 0 radical (unpaired) electrons. The van der Waals surface area contributed by atoms with E-state index in [0.717, 1.165) is 70.1 Å². The second kappa shape index (κ2) is 12.0. The predicted molar refractivity (Wildman–Crippen MR) is 186 cm³/mol. The van der Waals surface area contributed by atoms with E-state index >= 15 is 0 Å². The van der Waals surface area contributed by atoms with E-state index < -0.39 is 0 Å². The number of unbranched alkanes of at least 4 members (excludes halogenated alkanes) is 2. The smallest absolute Gasteiger partial charge is 0.227 e. The van der Waals surface area contributed by atoms with Gasteiger partial charge in [0.1, 0.15) is 22.5 Å². The number of nitrogens with zero attached hydrogens (tertiary/aromatic N) is 2. The van der Waals surface area contributed by atoms with Crippen LogP contribution in [-0.2, 0) is 10.8 Å². The van der Waals surface area contributed by atoms with E-state index in [0.29, 0.717) is 11.8 Å². The molecule has 2 heterocycles. The molecule has 6 rings (SSSR count). The van der Waals surface area contributed by atoms with Gasteiger partial charge in [0.05, 0.1) is 0 Å². The first kappa shape index (κ1) is 31.4. The lowest BCUT2D eigenvalue weighted by Crippen LogP contribution is -2.11. The van der Waals surface area contributed by atoms with E-state index in [1.165, 1.54) is 11.1 Å². The molecule has 6 nitrogen and oxygen atoms in total. The molecule has 0 atom stereocenters. The summed E-state index contributed by atoms with van der Waals surface area (Å²) in [5.74, 6) is 1.79. The second-order valence-electron chi connectivity index (χ2n) is 14.5. The minimum Gasteiger partial charge on any atom is -0.508 e. The third-order valence-corrected chi connectivity index (χ3v) is 8.83. The summed E-state index contributed by atoms with van der Waals surface area (Å²) in [5, 5.41) is 20.9. The molecular weight excluding hydrogens is 572 g/mol. The first-order valence-electron chi connectivity index (χ1n) is 16.3. The summed E-state index contributed by atoms with van der Waals surface area (Å²) in [6.45, 7) is 14.7. The van der Waals surface area contributed by atoms with Gasteiger partial charge < -0.3 is 19.0 Å². The summed E-state index contributed by atoms with van der Waals surface area (Å²) >= 11 is 0. The highest BCUT2D eigenvalue weighted by atomic mass is 16.4. The van der Waals surface area contributed by atoms with Crippen molar-refractivity contribution in [3.05, 3.63) is 95.1 Å². The molecule has 6 heteroatoms. The molecule has 0 spiro atoms. The summed E-state index contributed by atoms with van der Waals surface area (Å²) in [6, 6.07) is 23.7. The van der Waals surface area contributed by atoms with Crippen molar-refractivity contribution in [3.8, 4) is 34.4 Å². The van der Waals surface area contributed by atoms with Gasteiger partial charge in [0, 0.05) is 28.2 Å². The van der Waals surface area contributed by atoms with Crippen molar-refractivity contribution in [3.63, 3.8) is 0 Å². The normalized spacial score (nSPS) is 12.5. The Morgan fingerprint density at radius 1 is 0.609 bits per heavy atom.